The highest BCUT2D eigenvalue weighted by molar-refractivity contribution is 7.14. The lowest BCUT2D eigenvalue weighted by molar-refractivity contribution is 0.562. The molecule has 1 heteroatoms. The molecule has 0 N–H and O–H groups in total. The Morgan fingerprint density at radius 3 is 1.48 bits per heavy atom. The maximum atomic E-state index is 2.44. The van der Waals surface area contributed by atoms with Crippen molar-refractivity contribution >= 4 is 23.6 Å². The zero-order valence-corrected chi connectivity index (χ0v) is 20.3. The van der Waals surface area contributed by atoms with E-state index < -0.39 is 8.07 Å². The van der Waals surface area contributed by atoms with Crippen molar-refractivity contribution in [2.24, 2.45) is 0 Å². The van der Waals surface area contributed by atoms with E-state index in [9.17, 15) is 0 Å². The Morgan fingerprint density at radius 2 is 0.935 bits per heavy atom. The van der Waals surface area contributed by atoms with Crippen LogP contribution in [0.4, 0.5) is 0 Å². The fourth-order valence-corrected chi connectivity index (χ4v) is 11.0. The summed E-state index contributed by atoms with van der Waals surface area (Å²) in [6.45, 7) is 2.30. The van der Waals surface area contributed by atoms with Crippen molar-refractivity contribution in [1.29, 1.82) is 0 Å². The Bertz CT molecular complexity index is 898. The molecule has 4 rings (SSSR count). The summed E-state index contributed by atoms with van der Waals surface area (Å²) in [5.41, 5.74) is 2.97. The van der Waals surface area contributed by atoms with Crippen LogP contribution in [0.5, 0.6) is 0 Å². The Morgan fingerprint density at radius 1 is 0.484 bits per heavy atom. The van der Waals surface area contributed by atoms with Crippen molar-refractivity contribution in [2.75, 3.05) is 0 Å². The zero-order valence-electron chi connectivity index (χ0n) is 19.3. The van der Waals surface area contributed by atoms with Gasteiger partial charge in [-0.3, -0.25) is 0 Å². The molecule has 162 valence electrons. The molecular formula is C30H38Si. The molecule has 0 aromatic heterocycles. The van der Waals surface area contributed by atoms with Crippen LogP contribution in [0.15, 0.2) is 78.9 Å². The van der Waals surface area contributed by atoms with Gasteiger partial charge in [0.1, 0.15) is 8.07 Å². The molecule has 0 atom stereocenters. The number of hydrogen-bond donors (Lipinski definition) is 0. The average molecular weight is 427 g/mol. The molecule has 0 amide bonds. The van der Waals surface area contributed by atoms with Gasteiger partial charge in [0.25, 0.3) is 0 Å². The standard InChI is InChI=1S/C30H38Si/c1-2-3-4-5-6-7-8-9-10-18-25-31(26-19-12-11-13-20-26)29-23-16-14-21-27(29)28-22-15-17-24-30(28)31/h11-17,19-24H,2-10,18,25H2,1H3. The first-order valence-corrected chi connectivity index (χ1v) is 14.8. The van der Waals surface area contributed by atoms with Crippen LogP contribution in [-0.2, 0) is 0 Å². The van der Waals surface area contributed by atoms with E-state index in [-0.39, 0.29) is 0 Å². The lowest BCUT2D eigenvalue weighted by Gasteiger charge is -2.30. The second-order valence-corrected chi connectivity index (χ2v) is 13.3. The van der Waals surface area contributed by atoms with E-state index >= 15 is 0 Å². The monoisotopic (exact) mass is 426 g/mol. The van der Waals surface area contributed by atoms with Crippen LogP contribution in [0.3, 0.4) is 0 Å². The van der Waals surface area contributed by atoms with Crippen LogP contribution < -0.4 is 15.6 Å². The SMILES string of the molecule is CCCCCCCCCCCC[Si]1(c2ccccc2)c2ccccc2-c2ccccc21. The first-order chi connectivity index (χ1) is 15.4. The Hall–Kier alpha value is -2.12. The third-order valence-corrected chi connectivity index (χ3v) is 12.4. The molecule has 3 aromatic rings. The number of unbranched alkanes of at least 4 members (excludes halogenated alkanes) is 9. The van der Waals surface area contributed by atoms with Crippen LogP contribution in [0.1, 0.15) is 71.1 Å². The number of benzene rings is 3. The van der Waals surface area contributed by atoms with Gasteiger partial charge in [0.15, 0.2) is 0 Å². The van der Waals surface area contributed by atoms with Gasteiger partial charge in [-0.15, -0.1) is 0 Å². The van der Waals surface area contributed by atoms with Crippen molar-refractivity contribution in [3.63, 3.8) is 0 Å². The molecule has 0 radical (unpaired) electrons. The molecule has 0 aliphatic carbocycles. The molecule has 0 spiro atoms. The lowest BCUT2D eigenvalue weighted by atomic mass is 10.1. The van der Waals surface area contributed by atoms with Crippen LogP contribution in [0.25, 0.3) is 11.1 Å². The third-order valence-electron chi connectivity index (χ3n) is 7.24. The molecular weight excluding hydrogens is 388 g/mol. The zero-order chi connectivity index (χ0) is 21.4. The van der Waals surface area contributed by atoms with Crippen LogP contribution in [-0.4, -0.2) is 8.07 Å². The first-order valence-electron chi connectivity index (χ1n) is 12.6. The fourth-order valence-electron chi connectivity index (χ4n) is 5.65. The molecule has 31 heavy (non-hydrogen) atoms. The molecule has 0 nitrogen and oxygen atoms in total. The van der Waals surface area contributed by atoms with Crippen molar-refractivity contribution in [1.82, 2.24) is 0 Å². The van der Waals surface area contributed by atoms with Crippen molar-refractivity contribution in [3.05, 3.63) is 78.9 Å². The van der Waals surface area contributed by atoms with E-state index in [1.165, 1.54) is 81.4 Å². The molecule has 0 saturated heterocycles. The maximum absolute atomic E-state index is 2.44. The normalized spacial score (nSPS) is 13.7. The smallest absolute Gasteiger partial charge is 0.0654 e. The first kappa shape index (κ1) is 22.1. The highest BCUT2D eigenvalue weighted by Gasteiger charge is 2.45. The summed E-state index contributed by atoms with van der Waals surface area (Å²) in [7, 11) is -1.94. The van der Waals surface area contributed by atoms with Gasteiger partial charge < -0.3 is 0 Å². The van der Waals surface area contributed by atoms with Gasteiger partial charge >= 0.3 is 0 Å². The Labute approximate surface area is 190 Å². The van der Waals surface area contributed by atoms with E-state index in [0.29, 0.717) is 0 Å². The lowest BCUT2D eigenvalue weighted by Crippen LogP contribution is -2.64. The number of fused-ring (bicyclic) bond motifs is 3. The van der Waals surface area contributed by atoms with Gasteiger partial charge in [-0.2, -0.15) is 0 Å². The summed E-state index contributed by atoms with van der Waals surface area (Å²) in [4.78, 5) is 0. The van der Waals surface area contributed by atoms with Gasteiger partial charge in [0.05, 0.1) is 0 Å². The molecule has 0 fully saturated rings. The predicted molar refractivity (Wildman–Crippen MR) is 140 cm³/mol. The van der Waals surface area contributed by atoms with Crippen LogP contribution in [0, 0.1) is 0 Å². The largest absolute Gasteiger partial charge is 0.149 e. The van der Waals surface area contributed by atoms with Crippen molar-refractivity contribution in [2.45, 2.75) is 77.2 Å². The molecule has 0 unspecified atom stereocenters. The van der Waals surface area contributed by atoms with E-state index in [4.69, 9.17) is 0 Å². The quantitative estimate of drug-likeness (QED) is 0.215. The van der Waals surface area contributed by atoms with E-state index in [1.807, 2.05) is 0 Å². The summed E-state index contributed by atoms with van der Waals surface area (Å²) in [5, 5.41) is 4.86. The minimum Gasteiger partial charge on any atom is -0.0654 e. The van der Waals surface area contributed by atoms with Gasteiger partial charge in [-0.1, -0.05) is 150 Å². The van der Waals surface area contributed by atoms with E-state index in [0.717, 1.165) is 0 Å². The fraction of sp³-hybridized carbons (Fsp3) is 0.400. The van der Waals surface area contributed by atoms with Crippen LogP contribution >= 0.6 is 0 Å². The molecule has 1 heterocycles. The van der Waals surface area contributed by atoms with E-state index in [1.54, 1.807) is 15.6 Å². The molecule has 0 saturated carbocycles. The van der Waals surface area contributed by atoms with Crippen LogP contribution in [0.2, 0.25) is 6.04 Å². The van der Waals surface area contributed by atoms with Gasteiger partial charge in [0, 0.05) is 0 Å². The minimum absolute atomic E-state index is 1.33. The summed E-state index contributed by atoms with van der Waals surface area (Å²) < 4.78 is 0. The average Bonchev–Trinajstić information content (AvgIpc) is 3.12. The van der Waals surface area contributed by atoms with Crippen molar-refractivity contribution < 1.29 is 0 Å². The van der Waals surface area contributed by atoms with Gasteiger partial charge in [-0.05, 0) is 32.7 Å². The molecule has 3 aromatic carbocycles. The van der Waals surface area contributed by atoms with Gasteiger partial charge in [-0.25, -0.2) is 0 Å². The Balaban J connectivity index is 1.47. The second kappa shape index (κ2) is 11.0. The summed E-state index contributed by atoms with van der Waals surface area (Å²) in [5.74, 6) is 0. The maximum Gasteiger partial charge on any atom is 0.149 e. The molecule has 0 bridgehead atoms. The second-order valence-electron chi connectivity index (χ2n) is 9.29. The predicted octanol–water partition coefficient (Wildman–Crippen LogP) is 7.06. The van der Waals surface area contributed by atoms with Gasteiger partial charge in [0.2, 0.25) is 0 Å². The van der Waals surface area contributed by atoms with Crippen molar-refractivity contribution in [3.8, 4) is 11.1 Å². The Kier molecular flexibility index (Phi) is 7.80. The third kappa shape index (κ3) is 4.72. The summed E-state index contributed by atoms with van der Waals surface area (Å²) >= 11 is 0. The highest BCUT2D eigenvalue weighted by atomic mass is 28.3. The highest BCUT2D eigenvalue weighted by Crippen LogP contribution is 2.31. The minimum atomic E-state index is -1.94. The summed E-state index contributed by atoms with van der Waals surface area (Å²) in [6.07, 6.45) is 14.0. The number of rotatable bonds is 12. The number of hydrogen-bond acceptors (Lipinski definition) is 0. The topological polar surface area (TPSA) is 0 Å². The summed E-state index contributed by atoms with van der Waals surface area (Å²) in [6, 6.07) is 31.3. The van der Waals surface area contributed by atoms with E-state index in [2.05, 4.69) is 85.8 Å². The molecule has 1 aliphatic rings. The molecule has 1 aliphatic heterocycles.